The van der Waals surface area contributed by atoms with Gasteiger partial charge in [0.25, 0.3) is 0 Å². The van der Waals surface area contributed by atoms with Crippen molar-refractivity contribution in [2.75, 3.05) is 5.32 Å². The van der Waals surface area contributed by atoms with Gasteiger partial charge in [0.1, 0.15) is 30.0 Å². The molecule has 4 heterocycles. The molecular formula is C27H28N6O4. The highest BCUT2D eigenvalue weighted by atomic mass is 16.8. The minimum absolute atomic E-state index is 0.0461. The van der Waals surface area contributed by atoms with E-state index in [-0.39, 0.29) is 24.1 Å². The van der Waals surface area contributed by atoms with E-state index in [0.29, 0.717) is 11.4 Å². The largest absolute Gasteiger partial charge is 0.409 e. The van der Waals surface area contributed by atoms with Gasteiger partial charge in [-0.05, 0) is 50.6 Å². The Balaban J connectivity index is 1.46. The summed E-state index contributed by atoms with van der Waals surface area (Å²) >= 11 is 0. The summed E-state index contributed by atoms with van der Waals surface area (Å²) in [5.74, 6) is 0.00456. The Morgan fingerprint density at radius 1 is 1.05 bits per heavy atom. The van der Waals surface area contributed by atoms with Gasteiger partial charge in [-0.25, -0.2) is 9.97 Å². The molecule has 4 N–H and O–H groups in total. The number of nitrogens with one attached hydrogen (secondary N) is 1. The number of amidine groups is 1. The molecule has 2 aliphatic heterocycles. The Bertz CT molecular complexity index is 1470. The Hall–Kier alpha value is -3.99. The fourth-order valence-electron chi connectivity index (χ4n) is 5.13. The molecule has 2 fully saturated rings. The topological polar surface area (TPSA) is 129 Å². The van der Waals surface area contributed by atoms with Gasteiger partial charge in [0.2, 0.25) is 0 Å². The molecule has 190 valence electrons. The molecule has 2 saturated heterocycles. The van der Waals surface area contributed by atoms with Gasteiger partial charge in [0.05, 0.1) is 11.5 Å². The Morgan fingerprint density at radius 3 is 2.51 bits per heavy atom. The zero-order chi connectivity index (χ0) is 25.7. The van der Waals surface area contributed by atoms with E-state index in [9.17, 15) is 0 Å². The van der Waals surface area contributed by atoms with Crippen LogP contribution in [-0.2, 0) is 14.2 Å². The molecule has 10 nitrogen and oxygen atoms in total. The molecule has 6 rings (SSSR count). The fraction of sp³-hybridized carbons (Fsp3) is 0.296. The molecule has 0 aliphatic carbocycles. The van der Waals surface area contributed by atoms with Crippen LogP contribution in [0.5, 0.6) is 0 Å². The summed E-state index contributed by atoms with van der Waals surface area (Å²) in [6.45, 7) is 5.85. The molecule has 4 aromatic rings. The second-order valence-electron chi connectivity index (χ2n) is 9.72. The van der Waals surface area contributed by atoms with Crippen molar-refractivity contribution in [3.8, 4) is 11.1 Å². The Morgan fingerprint density at radius 2 is 1.78 bits per heavy atom. The normalized spacial score (nSPS) is 24.9. The molecule has 0 bridgehead atoms. The zero-order valence-corrected chi connectivity index (χ0v) is 20.7. The number of hydrogen-bond acceptors (Lipinski definition) is 8. The lowest BCUT2D eigenvalue weighted by atomic mass is 10.1. The van der Waals surface area contributed by atoms with Crippen LogP contribution in [0.3, 0.4) is 0 Å². The van der Waals surface area contributed by atoms with Crippen molar-refractivity contribution in [1.82, 2.24) is 14.5 Å². The van der Waals surface area contributed by atoms with Gasteiger partial charge in [-0.1, -0.05) is 35.5 Å². The first kappa shape index (κ1) is 23.4. The highest BCUT2D eigenvalue weighted by Gasteiger charge is 2.54. The number of fused-ring (bicyclic) bond motifs is 2. The molecule has 0 radical (unpaired) electrons. The Labute approximate surface area is 213 Å². The molecule has 0 spiro atoms. The van der Waals surface area contributed by atoms with Crippen LogP contribution in [0.25, 0.3) is 22.2 Å². The van der Waals surface area contributed by atoms with Crippen LogP contribution < -0.4 is 11.1 Å². The van der Waals surface area contributed by atoms with E-state index in [1.807, 2.05) is 55.7 Å². The first-order chi connectivity index (χ1) is 17.8. The highest BCUT2D eigenvalue weighted by Crippen LogP contribution is 2.45. The predicted octanol–water partition coefficient (Wildman–Crippen LogP) is 4.37. The van der Waals surface area contributed by atoms with Crippen LogP contribution >= 0.6 is 0 Å². The van der Waals surface area contributed by atoms with Crippen LogP contribution in [0.1, 0.15) is 32.6 Å². The second-order valence-corrected chi connectivity index (χ2v) is 9.72. The van der Waals surface area contributed by atoms with E-state index in [2.05, 4.69) is 38.8 Å². The maximum Gasteiger partial charge on any atom is 0.170 e. The van der Waals surface area contributed by atoms with Gasteiger partial charge in [-0.2, -0.15) is 0 Å². The van der Waals surface area contributed by atoms with Gasteiger partial charge >= 0.3 is 0 Å². The third kappa shape index (κ3) is 4.08. The maximum absolute atomic E-state index is 8.94. The number of ether oxygens (including phenoxy) is 3. The van der Waals surface area contributed by atoms with Crippen molar-refractivity contribution in [3.05, 3.63) is 72.7 Å². The molecule has 0 amide bonds. The summed E-state index contributed by atoms with van der Waals surface area (Å²) < 4.78 is 20.8. The quantitative estimate of drug-likeness (QED) is 0.159. The molecule has 10 heteroatoms. The smallest absolute Gasteiger partial charge is 0.170 e. The summed E-state index contributed by atoms with van der Waals surface area (Å²) in [6, 6.07) is 17.3. The van der Waals surface area contributed by atoms with E-state index < -0.39 is 12.0 Å². The number of nitrogens with two attached hydrogens (primary N) is 1. The molecule has 0 unspecified atom stereocenters. The molecule has 2 aromatic heterocycles. The van der Waals surface area contributed by atoms with Crippen LogP contribution in [0.2, 0.25) is 0 Å². The van der Waals surface area contributed by atoms with Crippen molar-refractivity contribution in [1.29, 1.82) is 0 Å². The fourth-order valence-corrected chi connectivity index (χ4v) is 5.13. The number of anilines is 2. The zero-order valence-electron chi connectivity index (χ0n) is 20.7. The lowest BCUT2D eigenvalue weighted by Crippen LogP contribution is -2.27. The third-order valence-corrected chi connectivity index (χ3v) is 6.78. The van der Waals surface area contributed by atoms with E-state index in [1.54, 1.807) is 12.1 Å². The minimum Gasteiger partial charge on any atom is -0.409 e. The van der Waals surface area contributed by atoms with Gasteiger partial charge in [-0.3, -0.25) is 0 Å². The molecular weight excluding hydrogens is 472 g/mol. The van der Waals surface area contributed by atoms with Gasteiger partial charge in [0.15, 0.2) is 17.9 Å². The van der Waals surface area contributed by atoms with Crippen molar-refractivity contribution in [3.63, 3.8) is 0 Å². The molecule has 0 saturated carbocycles. The second kappa shape index (κ2) is 8.84. The van der Waals surface area contributed by atoms with Crippen LogP contribution in [0.4, 0.5) is 11.5 Å². The summed E-state index contributed by atoms with van der Waals surface area (Å²) in [5.41, 5.74) is 9.82. The molecule has 37 heavy (non-hydrogen) atoms. The van der Waals surface area contributed by atoms with Crippen molar-refractivity contribution in [2.45, 2.75) is 51.1 Å². The monoisotopic (exact) mass is 500 g/mol. The number of aromatic nitrogens is 3. The number of hydrogen-bond donors (Lipinski definition) is 3. The minimum atomic E-state index is -0.686. The average molecular weight is 501 g/mol. The molecule has 2 aliphatic rings. The summed E-state index contributed by atoms with van der Waals surface area (Å²) in [7, 11) is 0. The van der Waals surface area contributed by atoms with Gasteiger partial charge in [0, 0.05) is 23.0 Å². The first-order valence-corrected chi connectivity index (χ1v) is 12.1. The van der Waals surface area contributed by atoms with E-state index in [4.69, 9.17) is 25.2 Å². The summed E-state index contributed by atoms with van der Waals surface area (Å²) in [6.07, 6.45) is 2.58. The van der Waals surface area contributed by atoms with Gasteiger partial charge < -0.3 is 35.0 Å². The SMILES string of the molecule is C[C@H]1O[C@@H](n2cc(-c3ccccc3)c3c(Nc4ccc(C(N)=NO)cc4)ncnc32)[C@@H]2OC(C)(C)O[C@@H]21. The lowest BCUT2D eigenvalue weighted by Gasteiger charge is -2.24. The number of benzene rings is 2. The van der Waals surface area contributed by atoms with E-state index in [1.165, 1.54) is 6.33 Å². The lowest BCUT2D eigenvalue weighted by molar-refractivity contribution is -0.194. The standard InChI is InChI=1S/C27H28N6O4/c1-15-21-22(37-27(2,3)36-21)26(35-15)33-13-19(16-7-5-4-6-8-16)20-24(29-14-30-25(20)33)31-18-11-9-17(10-12-18)23(28)32-34/h4-15,21-22,26,34H,1-3H3,(H2,28,32)(H,29,30,31)/t15-,21-,22-,26-/m1/s1. The Kier molecular flexibility index (Phi) is 5.59. The predicted molar refractivity (Wildman–Crippen MR) is 139 cm³/mol. The number of rotatable bonds is 5. The third-order valence-electron chi connectivity index (χ3n) is 6.78. The van der Waals surface area contributed by atoms with Crippen LogP contribution in [-0.4, -0.2) is 49.7 Å². The van der Waals surface area contributed by atoms with Crippen molar-refractivity contribution >= 4 is 28.4 Å². The average Bonchev–Trinajstić information content (AvgIpc) is 3.54. The van der Waals surface area contributed by atoms with Gasteiger partial charge in [-0.15, -0.1) is 0 Å². The highest BCUT2D eigenvalue weighted by molar-refractivity contribution is 6.02. The van der Waals surface area contributed by atoms with Crippen LogP contribution in [0, 0.1) is 0 Å². The van der Waals surface area contributed by atoms with E-state index in [0.717, 1.165) is 27.8 Å². The van der Waals surface area contributed by atoms with Crippen molar-refractivity contribution < 1.29 is 19.4 Å². The van der Waals surface area contributed by atoms with Crippen molar-refractivity contribution in [2.24, 2.45) is 10.9 Å². The maximum atomic E-state index is 8.94. The van der Waals surface area contributed by atoms with E-state index >= 15 is 0 Å². The summed E-state index contributed by atoms with van der Waals surface area (Å²) in [5, 5.41) is 16.3. The van der Waals surface area contributed by atoms with Crippen LogP contribution in [0.15, 0.2) is 72.3 Å². The number of nitrogens with zero attached hydrogens (tertiary/aromatic N) is 4. The summed E-state index contributed by atoms with van der Waals surface area (Å²) in [4.78, 5) is 9.26. The molecule has 4 atom stereocenters. The molecule has 2 aromatic carbocycles. The number of oxime groups is 1. The first-order valence-electron chi connectivity index (χ1n) is 12.1.